The maximum absolute atomic E-state index is 12.7. The fraction of sp³-hybridized carbons (Fsp3) is 0.520. The van der Waals surface area contributed by atoms with Crippen molar-refractivity contribution in [1.29, 1.82) is 0 Å². The van der Waals surface area contributed by atoms with Crippen LogP contribution in [0.1, 0.15) is 72.5 Å². The number of quaternary nitrogens is 1. The number of fused-ring (bicyclic) bond motifs is 2. The Morgan fingerprint density at radius 1 is 1.17 bits per heavy atom. The zero-order valence-corrected chi connectivity index (χ0v) is 19.7. The molecule has 0 spiro atoms. The molecule has 186 valence electrons. The summed E-state index contributed by atoms with van der Waals surface area (Å²) < 4.78 is 11.3. The van der Waals surface area contributed by atoms with Gasteiger partial charge in [-0.1, -0.05) is 0 Å². The molecule has 2 atom stereocenters. The summed E-state index contributed by atoms with van der Waals surface area (Å²) in [6.07, 6.45) is 7.25. The lowest BCUT2D eigenvalue weighted by atomic mass is 10.0. The highest BCUT2D eigenvalue weighted by molar-refractivity contribution is 5.91. The van der Waals surface area contributed by atoms with Crippen molar-refractivity contribution in [3.8, 4) is 11.5 Å². The summed E-state index contributed by atoms with van der Waals surface area (Å²) in [5, 5.41) is 19.7. The number of ether oxygens (including phenoxy) is 2. The number of carbonyl (C=O) groups excluding carboxylic acids is 3. The fourth-order valence-corrected chi connectivity index (χ4v) is 5.85. The Bertz CT molecular complexity index is 1110. The summed E-state index contributed by atoms with van der Waals surface area (Å²) in [6.45, 7) is 1.41. The number of nitrogens with zero attached hydrogens (tertiary/aromatic N) is 1. The standard InChI is InChI=1S/C25H30N4O6/c1-14-8-21(31)19(12-30)22(9-14)34-13-24(32)26-23-11-20(27-28-23)15-2-7-18(10-15)35-25(33)29-16-3-4-17(29)6-5-16/h8-9,11-12,15-18,31H,2-7,10,13H2,1H3,(H2,26,27,28,32)/p+1/t15-,16?,17?,18+/m0/s1. The van der Waals surface area contributed by atoms with Gasteiger partial charge < -0.3 is 19.9 Å². The van der Waals surface area contributed by atoms with Gasteiger partial charge in [-0.05, 0) is 43.9 Å². The van der Waals surface area contributed by atoms with Gasteiger partial charge in [0, 0.05) is 43.4 Å². The minimum Gasteiger partial charge on any atom is -0.507 e. The second kappa shape index (κ2) is 9.69. The summed E-state index contributed by atoms with van der Waals surface area (Å²) in [6, 6.07) is 5.70. The van der Waals surface area contributed by atoms with Crippen LogP contribution in [0.25, 0.3) is 0 Å². The molecule has 1 aromatic heterocycles. The van der Waals surface area contributed by atoms with E-state index in [1.807, 2.05) is 0 Å². The number of aromatic hydroxyl groups is 1. The molecule has 5 rings (SSSR count). The van der Waals surface area contributed by atoms with Crippen molar-refractivity contribution in [2.24, 2.45) is 0 Å². The van der Waals surface area contributed by atoms with Crippen LogP contribution in [0.5, 0.6) is 11.5 Å². The molecule has 10 nitrogen and oxygen atoms in total. The second-order valence-electron chi connectivity index (χ2n) is 9.90. The number of phenols is 1. The molecule has 4 N–H and O–H groups in total. The van der Waals surface area contributed by atoms with E-state index in [0.29, 0.717) is 29.8 Å². The van der Waals surface area contributed by atoms with E-state index in [9.17, 15) is 19.5 Å². The molecule has 2 aromatic rings. The van der Waals surface area contributed by atoms with Crippen molar-refractivity contribution in [2.75, 3.05) is 11.9 Å². The summed E-state index contributed by atoms with van der Waals surface area (Å²) in [7, 11) is 0. The van der Waals surface area contributed by atoms with Crippen LogP contribution in [0, 0.1) is 6.92 Å². The van der Waals surface area contributed by atoms with E-state index in [2.05, 4.69) is 15.5 Å². The second-order valence-corrected chi connectivity index (χ2v) is 9.90. The number of hydrogen-bond donors (Lipinski definition) is 4. The molecule has 2 bridgehead atoms. The van der Waals surface area contributed by atoms with Crippen LogP contribution < -0.4 is 15.0 Å². The Morgan fingerprint density at radius 3 is 2.63 bits per heavy atom. The monoisotopic (exact) mass is 483 g/mol. The van der Waals surface area contributed by atoms with Gasteiger partial charge in [-0.15, -0.1) is 0 Å². The fourth-order valence-electron chi connectivity index (χ4n) is 5.85. The number of aromatic amines is 1. The molecule has 1 saturated carbocycles. The highest BCUT2D eigenvalue weighted by Crippen LogP contribution is 2.36. The van der Waals surface area contributed by atoms with Crippen LogP contribution in [-0.4, -0.2) is 58.4 Å². The first-order chi connectivity index (χ1) is 16.9. The largest absolute Gasteiger partial charge is 0.515 e. The molecule has 0 radical (unpaired) electrons. The van der Waals surface area contributed by atoms with Crippen LogP contribution in [0.2, 0.25) is 0 Å². The van der Waals surface area contributed by atoms with Crippen molar-refractivity contribution >= 4 is 24.1 Å². The average molecular weight is 484 g/mol. The van der Waals surface area contributed by atoms with Crippen LogP contribution in [-0.2, 0) is 9.53 Å². The molecule has 3 fully saturated rings. The smallest absolute Gasteiger partial charge is 0.507 e. The van der Waals surface area contributed by atoms with Gasteiger partial charge in [0.25, 0.3) is 5.91 Å². The number of carbonyl (C=O) groups is 3. The SMILES string of the molecule is Cc1cc(O)c(C=O)c(OCC(=O)Nc2cc([C@H]3CC[C@@H](OC(=O)[NH+]4C5CCC4CC5)C3)[nH]n2)c1. The van der Waals surface area contributed by atoms with Gasteiger partial charge in [0.2, 0.25) is 0 Å². The Morgan fingerprint density at radius 2 is 1.91 bits per heavy atom. The van der Waals surface area contributed by atoms with E-state index >= 15 is 0 Å². The van der Waals surface area contributed by atoms with E-state index in [1.54, 1.807) is 19.1 Å². The van der Waals surface area contributed by atoms with Gasteiger partial charge >= 0.3 is 6.09 Å². The lowest BCUT2D eigenvalue weighted by Gasteiger charge is -2.18. The minimum atomic E-state index is -0.442. The molecule has 2 saturated heterocycles. The van der Waals surface area contributed by atoms with E-state index < -0.39 is 5.91 Å². The van der Waals surface area contributed by atoms with Crippen molar-refractivity contribution in [3.05, 3.63) is 35.0 Å². The number of aromatic nitrogens is 2. The Balaban J connectivity index is 1.11. The van der Waals surface area contributed by atoms with Crippen LogP contribution in [0.4, 0.5) is 10.6 Å². The van der Waals surface area contributed by atoms with Gasteiger partial charge in [0.05, 0.1) is 17.6 Å². The van der Waals surface area contributed by atoms with Crippen molar-refractivity contribution < 1.29 is 33.9 Å². The number of H-pyrrole nitrogens is 1. The number of alkyl carbamates (subject to hydrolysis) is 2. The number of aryl methyl sites for hydroxylation is 1. The van der Waals surface area contributed by atoms with Crippen molar-refractivity contribution in [1.82, 2.24) is 10.2 Å². The molecule has 2 amide bonds. The zero-order valence-electron chi connectivity index (χ0n) is 19.7. The number of aldehydes is 1. The quantitative estimate of drug-likeness (QED) is 0.444. The molecule has 10 heteroatoms. The number of nitrogens with one attached hydrogen (secondary N) is 3. The van der Waals surface area contributed by atoms with Crippen LogP contribution in [0.15, 0.2) is 18.2 Å². The number of hydrogen-bond acceptors (Lipinski definition) is 7. The number of phenolic OH excluding ortho intramolecular Hbond substituents is 1. The summed E-state index contributed by atoms with van der Waals surface area (Å²) in [5.41, 5.74) is 1.59. The van der Waals surface area contributed by atoms with Crippen molar-refractivity contribution in [3.63, 3.8) is 0 Å². The topological polar surface area (TPSA) is 135 Å². The Kier molecular flexibility index (Phi) is 6.46. The molecule has 3 heterocycles. The van der Waals surface area contributed by atoms with Crippen molar-refractivity contribution in [2.45, 2.75) is 76.0 Å². The van der Waals surface area contributed by atoms with E-state index in [0.717, 1.165) is 55.5 Å². The first-order valence-corrected chi connectivity index (χ1v) is 12.3. The third kappa shape index (κ3) is 4.88. The number of amides is 2. The van der Waals surface area contributed by atoms with E-state index in [1.165, 1.54) is 6.07 Å². The molecular weight excluding hydrogens is 452 g/mol. The molecule has 3 aliphatic rings. The predicted octanol–water partition coefficient (Wildman–Crippen LogP) is 2.24. The third-order valence-electron chi connectivity index (χ3n) is 7.55. The summed E-state index contributed by atoms with van der Waals surface area (Å²) in [4.78, 5) is 37.3. The van der Waals surface area contributed by atoms with E-state index in [-0.39, 0.29) is 41.8 Å². The molecule has 35 heavy (non-hydrogen) atoms. The maximum Gasteiger partial charge on any atom is 0.515 e. The Hall–Kier alpha value is -3.40. The van der Waals surface area contributed by atoms with Gasteiger partial charge in [0.15, 0.2) is 18.7 Å². The lowest BCUT2D eigenvalue weighted by Crippen LogP contribution is -3.17. The normalized spacial score (nSPS) is 27.1. The average Bonchev–Trinajstić information content (AvgIpc) is 3.62. The van der Waals surface area contributed by atoms with Gasteiger partial charge in [-0.25, -0.2) is 4.90 Å². The first kappa shape index (κ1) is 23.3. The number of anilines is 1. The van der Waals surface area contributed by atoms with Gasteiger partial charge in [0.1, 0.15) is 17.6 Å². The first-order valence-electron chi connectivity index (χ1n) is 12.3. The minimum absolute atomic E-state index is 0.000858. The van der Waals surface area contributed by atoms with Gasteiger partial charge in [-0.2, -0.15) is 9.89 Å². The van der Waals surface area contributed by atoms with Crippen LogP contribution in [0.3, 0.4) is 0 Å². The molecule has 2 aliphatic heterocycles. The summed E-state index contributed by atoms with van der Waals surface area (Å²) >= 11 is 0. The number of rotatable bonds is 7. The number of benzene rings is 1. The van der Waals surface area contributed by atoms with Crippen LogP contribution >= 0.6 is 0 Å². The Labute approximate surface area is 203 Å². The molecule has 1 aliphatic carbocycles. The van der Waals surface area contributed by atoms with Gasteiger partial charge in [-0.3, -0.25) is 14.7 Å². The van der Waals surface area contributed by atoms with E-state index in [4.69, 9.17) is 9.47 Å². The molecule has 1 aromatic carbocycles. The third-order valence-corrected chi connectivity index (χ3v) is 7.55. The predicted molar refractivity (Wildman–Crippen MR) is 125 cm³/mol. The highest BCUT2D eigenvalue weighted by Gasteiger charge is 2.49. The zero-order chi connectivity index (χ0) is 24.5. The lowest BCUT2D eigenvalue weighted by molar-refractivity contribution is -0.848. The molecule has 0 unspecified atom stereocenters. The molecular formula is C25H31N4O6+. The highest BCUT2D eigenvalue weighted by atomic mass is 16.6. The summed E-state index contributed by atoms with van der Waals surface area (Å²) in [5.74, 6) is 0.0582. The maximum atomic E-state index is 12.7.